The van der Waals surface area contributed by atoms with Gasteiger partial charge < -0.3 is 0 Å². The second-order valence-electron chi connectivity index (χ2n) is 1.73. The van der Waals surface area contributed by atoms with Crippen molar-refractivity contribution in [2.75, 3.05) is 0 Å². The fraction of sp³-hybridized carbons (Fsp3) is 0. The van der Waals surface area contributed by atoms with Crippen LogP contribution in [0.1, 0.15) is 10.4 Å². The fourth-order valence-corrected chi connectivity index (χ4v) is 1.86. The van der Waals surface area contributed by atoms with Crippen LogP contribution in [0.2, 0.25) is 0 Å². The monoisotopic (exact) mass is 465 g/mol. The van der Waals surface area contributed by atoms with Gasteiger partial charge in [-0.2, -0.15) is 0 Å². The zero-order valence-corrected chi connectivity index (χ0v) is 10.6. The molecule has 1 rings (SSSR count). The molecule has 1 aromatic rings. The van der Waals surface area contributed by atoms with E-state index in [1.54, 1.807) is 12.1 Å². The smallest absolute Gasteiger partial charge is 0 e. The van der Waals surface area contributed by atoms with Crippen LogP contribution in [0, 0.1) is 0 Å². The van der Waals surface area contributed by atoms with E-state index < -0.39 is 20.1 Å². The molecule has 0 saturated heterocycles. The van der Waals surface area contributed by atoms with Crippen LogP contribution in [-0.2, 0) is 22.4 Å². The first kappa shape index (κ1) is 11.7. The van der Waals surface area contributed by atoms with E-state index in [1.807, 2.05) is 18.2 Å². The van der Waals surface area contributed by atoms with E-state index in [1.165, 1.54) is 0 Å². The Balaban J connectivity index is 0.000001000. The molecule has 0 aliphatic carbocycles. The van der Waals surface area contributed by atoms with Crippen LogP contribution in [0.3, 0.4) is 0 Å². The Labute approximate surface area is 95.0 Å². The SMILES string of the molecule is O=C([IH]Cl)c1ccccc1.[Au]. The predicted molar refractivity (Wildman–Crippen MR) is 52.0 cm³/mol. The molecule has 0 saturated carbocycles. The average molecular weight is 465 g/mol. The van der Waals surface area contributed by atoms with Gasteiger partial charge in [0.25, 0.3) is 0 Å². The van der Waals surface area contributed by atoms with Crippen LogP contribution >= 0.6 is 29.0 Å². The van der Waals surface area contributed by atoms with Gasteiger partial charge in [0.05, 0.1) is 0 Å². The van der Waals surface area contributed by atoms with Crippen molar-refractivity contribution in [3.63, 3.8) is 0 Å². The van der Waals surface area contributed by atoms with Gasteiger partial charge in [-0.25, -0.2) is 0 Å². The van der Waals surface area contributed by atoms with Gasteiger partial charge in [0, 0.05) is 22.4 Å². The van der Waals surface area contributed by atoms with Gasteiger partial charge in [0.2, 0.25) is 0 Å². The van der Waals surface area contributed by atoms with Crippen molar-refractivity contribution in [1.29, 1.82) is 0 Å². The van der Waals surface area contributed by atoms with Crippen molar-refractivity contribution in [2.45, 2.75) is 0 Å². The summed E-state index contributed by atoms with van der Waals surface area (Å²) in [6, 6.07) is 9.13. The minimum absolute atomic E-state index is 0. The molecule has 0 aromatic heterocycles. The Hall–Kier alpha value is 0.650. The largest absolute Gasteiger partial charge is 0 e. The fourth-order valence-electron chi connectivity index (χ4n) is 0.619. The standard InChI is InChI=1S/C7H6ClIO.Au/c8-9-7(10)6-4-2-1-3-5-6;/h1-5,9H;. The second-order valence-corrected chi connectivity index (χ2v) is 4.26. The summed E-state index contributed by atoms with van der Waals surface area (Å²) in [5.41, 5.74) is 0.736. The summed E-state index contributed by atoms with van der Waals surface area (Å²) in [5, 5.41) is 0. The number of hydrogen-bond donors (Lipinski definition) is 0. The molecular weight excluding hydrogens is 459 g/mol. The zero-order chi connectivity index (χ0) is 7.40. The van der Waals surface area contributed by atoms with Gasteiger partial charge in [-0.15, -0.1) is 0 Å². The third-order valence-corrected chi connectivity index (χ3v) is 3.09. The third-order valence-electron chi connectivity index (χ3n) is 1.08. The average Bonchev–Trinajstić information content (AvgIpc) is 2.05. The zero-order valence-electron chi connectivity index (χ0n) is 5.38. The van der Waals surface area contributed by atoms with E-state index in [2.05, 4.69) is 0 Å². The number of rotatable bonds is 2. The third kappa shape index (κ3) is 3.71. The van der Waals surface area contributed by atoms with E-state index in [0.29, 0.717) is 0 Å². The van der Waals surface area contributed by atoms with E-state index in [4.69, 9.17) is 8.91 Å². The van der Waals surface area contributed by atoms with Crippen molar-refractivity contribution < 1.29 is 27.2 Å². The number of hydrogen-bond acceptors (Lipinski definition) is 1. The van der Waals surface area contributed by atoms with Gasteiger partial charge in [0.1, 0.15) is 0 Å². The Morgan fingerprint density at radius 3 is 2.27 bits per heavy atom. The molecule has 11 heavy (non-hydrogen) atoms. The molecular formula is C7H6AuClIO. The van der Waals surface area contributed by atoms with E-state index in [0.717, 1.165) is 5.56 Å². The molecule has 0 amide bonds. The Kier molecular flexibility index (Phi) is 6.56. The van der Waals surface area contributed by atoms with Crippen molar-refractivity contribution in [3.8, 4) is 0 Å². The van der Waals surface area contributed by atoms with Gasteiger partial charge in [-0.1, -0.05) is 0 Å². The normalized spacial score (nSPS) is 8.82. The van der Waals surface area contributed by atoms with Crippen molar-refractivity contribution >= 4 is 32.8 Å². The number of carbonyl (C=O) groups is 1. The van der Waals surface area contributed by atoms with Crippen molar-refractivity contribution in [2.24, 2.45) is 0 Å². The molecule has 1 nitrogen and oxygen atoms in total. The molecule has 0 aliphatic rings. The molecule has 0 heterocycles. The van der Waals surface area contributed by atoms with Crippen LogP contribution in [0.5, 0.6) is 0 Å². The molecule has 0 bridgehead atoms. The van der Waals surface area contributed by atoms with E-state index in [-0.39, 0.29) is 26.2 Å². The maximum atomic E-state index is 10.9. The molecule has 4 heteroatoms. The molecule has 1 aromatic carbocycles. The number of carbonyl (C=O) groups excluding carboxylic acids is 1. The van der Waals surface area contributed by atoms with Crippen molar-refractivity contribution in [1.82, 2.24) is 0 Å². The maximum Gasteiger partial charge on any atom is 0 e. The number of halogens is 2. The first-order valence-corrected chi connectivity index (χ1v) is 6.84. The minimum atomic E-state index is -0.957. The summed E-state index contributed by atoms with van der Waals surface area (Å²) in [6.45, 7) is 0. The number of benzene rings is 1. The molecule has 65 valence electrons. The maximum absolute atomic E-state index is 10.9. The molecule has 0 aliphatic heterocycles. The van der Waals surface area contributed by atoms with Crippen LogP contribution in [-0.4, -0.2) is 3.79 Å². The Bertz CT molecular complexity index is 227. The quantitative estimate of drug-likeness (QED) is 0.373. The van der Waals surface area contributed by atoms with Crippen LogP contribution < -0.4 is 0 Å². The summed E-state index contributed by atoms with van der Waals surface area (Å²) < 4.78 is 0.104. The first-order valence-electron chi connectivity index (χ1n) is 2.72. The van der Waals surface area contributed by atoms with Gasteiger partial charge in [0.15, 0.2) is 0 Å². The van der Waals surface area contributed by atoms with Crippen molar-refractivity contribution in [3.05, 3.63) is 35.9 Å². The topological polar surface area (TPSA) is 17.1 Å². The predicted octanol–water partition coefficient (Wildman–Crippen LogP) is 2.68. The van der Waals surface area contributed by atoms with Crippen LogP contribution in [0.15, 0.2) is 30.3 Å². The molecule has 0 atom stereocenters. The first-order chi connectivity index (χ1) is 4.84. The van der Waals surface area contributed by atoms with Crippen LogP contribution in [0.25, 0.3) is 0 Å². The summed E-state index contributed by atoms with van der Waals surface area (Å²) in [6.07, 6.45) is 0. The van der Waals surface area contributed by atoms with E-state index in [9.17, 15) is 4.79 Å². The van der Waals surface area contributed by atoms with Gasteiger partial charge in [-0.3, -0.25) is 0 Å². The van der Waals surface area contributed by atoms with Gasteiger partial charge >= 0.3 is 73.5 Å². The molecule has 0 spiro atoms. The van der Waals surface area contributed by atoms with Gasteiger partial charge in [-0.05, 0) is 0 Å². The van der Waals surface area contributed by atoms with Crippen LogP contribution in [0.4, 0.5) is 0 Å². The Morgan fingerprint density at radius 2 is 1.82 bits per heavy atom. The molecule has 0 N–H and O–H groups in total. The Morgan fingerprint density at radius 1 is 1.27 bits per heavy atom. The summed E-state index contributed by atoms with van der Waals surface area (Å²) in [4.78, 5) is 10.9. The molecule has 0 fully saturated rings. The molecule has 1 radical (unpaired) electrons. The minimum Gasteiger partial charge on any atom is 0 e. The van der Waals surface area contributed by atoms with E-state index >= 15 is 0 Å². The molecule has 0 unspecified atom stereocenters. The second kappa shape index (κ2) is 6.20. The summed E-state index contributed by atoms with van der Waals surface area (Å²) in [5.74, 6) is 0. The summed E-state index contributed by atoms with van der Waals surface area (Å²) in [7, 11) is 5.47. The summed E-state index contributed by atoms with van der Waals surface area (Å²) >= 11 is -0.957.